The van der Waals surface area contributed by atoms with E-state index in [4.69, 9.17) is 4.74 Å². The van der Waals surface area contributed by atoms with Crippen molar-refractivity contribution < 1.29 is 19.2 Å². The van der Waals surface area contributed by atoms with E-state index in [9.17, 15) is 19.7 Å². The van der Waals surface area contributed by atoms with Gasteiger partial charge in [-0.2, -0.15) is 0 Å². The van der Waals surface area contributed by atoms with Crippen molar-refractivity contribution in [2.45, 2.75) is 26.8 Å². The van der Waals surface area contributed by atoms with Crippen molar-refractivity contribution in [1.29, 1.82) is 0 Å². The molecule has 2 aromatic carbocycles. The molecule has 0 aliphatic carbocycles. The molecule has 2 rings (SSSR count). The van der Waals surface area contributed by atoms with Gasteiger partial charge in [-0.15, -0.1) is 0 Å². The number of nitro benzene ring substituents is 1. The molecule has 0 heterocycles. The Morgan fingerprint density at radius 1 is 1.15 bits per heavy atom. The first-order valence-corrected chi connectivity index (χ1v) is 8.65. The summed E-state index contributed by atoms with van der Waals surface area (Å²) in [7, 11) is 0. The second kappa shape index (κ2) is 9.47. The predicted molar refractivity (Wildman–Crippen MR) is 100 cm³/mol. The average molecular weight is 370 g/mol. The van der Waals surface area contributed by atoms with Gasteiger partial charge in [-0.25, -0.2) is 0 Å². The van der Waals surface area contributed by atoms with Crippen molar-refractivity contribution >= 4 is 17.6 Å². The molecule has 0 aliphatic rings. The number of aryl methyl sites for hydroxylation is 1. The highest BCUT2D eigenvalue weighted by atomic mass is 16.6. The van der Waals surface area contributed by atoms with Crippen molar-refractivity contribution in [2.24, 2.45) is 0 Å². The van der Waals surface area contributed by atoms with Crippen LogP contribution in [-0.2, 0) is 16.1 Å². The minimum absolute atomic E-state index is 0.0559. The molecule has 2 aromatic rings. The minimum atomic E-state index is -0.542. The Morgan fingerprint density at radius 2 is 1.85 bits per heavy atom. The molecular formula is C20H22N2O5. The van der Waals surface area contributed by atoms with Crippen molar-refractivity contribution in [1.82, 2.24) is 4.90 Å². The van der Waals surface area contributed by atoms with Crippen molar-refractivity contribution in [3.8, 4) is 0 Å². The maximum absolute atomic E-state index is 12.9. The van der Waals surface area contributed by atoms with E-state index >= 15 is 0 Å². The van der Waals surface area contributed by atoms with Gasteiger partial charge in [0.1, 0.15) is 0 Å². The van der Waals surface area contributed by atoms with Crippen LogP contribution in [0.15, 0.2) is 48.5 Å². The molecule has 0 saturated heterocycles. The van der Waals surface area contributed by atoms with E-state index in [2.05, 4.69) is 0 Å². The summed E-state index contributed by atoms with van der Waals surface area (Å²) in [6.07, 6.45) is 0.0559. The lowest BCUT2D eigenvalue weighted by molar-refractivity contribution is -0.384. The number of carbonyl (C=O) groups excluding carboxylic acids is 2. The van der Waals surface area contributed by atoms with Gasteiger partial charge in [-0.1, -0.05) is 35.9 Å². The zero-order valence-electron chi connectivity index (χ0n) is 15.4. The van der Waals surface area contributed by atoms with Gasteiger partial charge in [-0.3, -0.25) is 19.7 Å². The summed E-state index contributed by atoms with van der Waals surface area (Å²) in [5, 5.41) is 11.0. The number of non-ortho nitro benzene ring substituents is 1. The fourth-order valence-electron chi connectivity index (χ4n) is 2.56. The quantitative estimate of drug-likeness (QED) is 0.403. The molecule has 7 nitrogen and oxygen atoms in total. The third-order valence-electron chi connectivity index (χ3n) is 3.98. The highest BCUT2D eigenvalue weighted by molar-refractivity contribution is 5.95. The van der Waals surface area contributed by atoms with Crippen molar-refractivity contribution in [3.05, 3.63) is 75.3 Å². The van der Waals surface area contributed by atoms with E-state index in [1.165, 1.54) is 29.2 Å². The smallest absolute Gasteiger partial charge is 0.307 e. The number of ether oxygens (including phenoxy) is 1. The Hall–Kier alpha value is -3.22. The van der Waals surface area contributed by atoms with Crippen molar-refractivity contribution in [3.63, 3.8) is 0 Å². The van der Waals surface area contributed by atoms with Crippen LogP contribution in [0.1, 0.15) is 34.8 Å². The van der Waals surface area contributed by atoms with Crippen LogP contribution in [0, 0.1) is 17.0 Å². The van der Waals surface area contributed by atoms with Gasteiger partial charge in [0.05, 0.1) is 18.0 Å². The Bertz CT molecular complexity index is 817. The standard InChI is InChI=1S/C20H22N2O5/c1-3-27-19(23)11-12-21(14-16-9-7-15(2)8-10-16)20(24)17-5-4-6-18(13-17)22(25)26/h4-10,13H,3,11-12,14H2,1-2H3. The SMILES string of the molecule is CCOC(=O)CCN(Cc1ccc(C)cc1)C(=O)c1cccc([N+](=O)[O-])c1. The van der Waals surface area contributed by atoms with Gasteiger partial charge in [-0.05, 0) is 25.5 Å². The van der Waals surface area contributed by atoms with Crippen molar-refractivity contribution in [2.75, 3.05) is 13.2 Å². The molecule has 27 heavy (non-hydrogen) atoms. The maximum atomic E-state index is 12.9. The first kappa shape index (κ1) is 20.1. The first-order valence-electron chi connectivity index (χ1n) is 8.65. The van der Waals surface area contributed by atoms with Crippen LogP contribution in [0.25, 0.3) is 0 Å². The Balaban J connectivity index is 2.22. The molecule has 1 amide bonds. The summed E-state index contributed by atoms with van der Waals surface area (Å²) < 4.78 is 4.93. The summed E-state index contributed by atoms with van der Waals surface area (Å²) >= 11 is 0. The normalized spacial score (nSPS) is 10.3. The maximum Gasteiger partial charge on any atom is 0.307 e. The molecule has 142 valence electrons. The van der Waals surface area contributed by atoms with Crippen LogP contribution in [0.4, 0.5) is 5.69 Å². The van der Waals surface area contributed by atoms with Gasteiger partial charge in [0.25, 0.3) is 11.6 Å². The number of hydrogen-bond donors (Lipinski definition) is 0. The summed E-state index contributed by atoms with van der Waals surface area (Å²) in [5.41, 5.74) is 2.06. The molecule has 0 fully saturated rings. The Labute approximate surface area is 157 Å². The molecule has 0 N–H and O–H groups in total. The fraction of sp³-hybridized carbons (Fsp3) is 0.300. The largest absolute Gasteiger partial charge is 0.466 e. The number of nitrogens with zero attached hydrogens (tertiary/aromatic N) is 2. The molecule has 0 atom stereocenters. The fourth-order valence-corrected chi connectivity index (χ4v) is 2.56. The second-order valence-corrected chi connectivity index (χ2v) is 6.07. The van der Waals surface area contributed by atoms with E-state index in [1.54, 1.807) is 6.92 Å². The predicted octanol–water partition coefficient (Wildman–Crippen LogP) is 3.50. The number of carbonyl (C=O) groups is 2. The van der Waals surface area contributed by atoms with Gasteiger partial charge in [0.15, 0.2) is 0 Å². The molecule has 0 bridgehead atoms. The van der Waals surface area contributed by atoms with Crippen LogP contribution in [-0.4, -0.2) is 34.9 Å². The van der Waals surface area contributed by atoms with Crippen LogP contribution >= 0.6 is 0 Å². The van der Waals surface area contributed by atoms with E-state index in [0.29, 0.717) is 6.54 Å². The van der Waals surface area contributed by atoms with E-state index in [-0.39, 0.29) is 36.7 Å². The van der Waals surface area contributed by atoms with E-state index in [0.717, 1.165) is 11.1 Å². The molecule has 0 aromatic heterocycles. The molecule has 0 saturated carbocycles. The number of benzene rings is 2. The molecule has 0 radical (unpaired) electrons. The summed E-state index contributed by atoms with van der Waals surface area (Å²) in [6.45, 7) is 4.41. The average Bonchev–Trinajstić information content (AvgIpc) is 2.66. The van der Waals surface area contributed by atoms with Crippen LogP contribution in [0.5, 0.6) is 0 Å². The van der Waals surface area contributed by atoms with E-state index in [1.807, 2.05) is 31.2 Å². The highest BCUT2D eigenvalue weighted by Gasteiger charge is 2.20. The van der Waals surface area contributed by atoms with Crippen LogP contribution in [0.2, 0.25) is 0 Å². The van der Waals surface area contributed by atoms with Crippen LogP contribution in [0.3, 0.4) is 0 Å². The number of nitro groups is 1. The third-order valence-corrected chi connectivity index (χ3v) is 3.98. The highest BCUT2D eigenvalue weighted by Crippen LogP contribution is 2.17. The lowest BCUT2D eigenvalue weighted by Gasteiger charge is -2.22. The van der Waals surface area contributed by atoms with Gasteiger partial charge >= 0.3 is 5.97 Å². The number of hydrogen-bond acceptors (Lipinski definition) is 5. The van der Waals surface area contributed by atoms with Gasteiger partial charge in [0.2, 0.25) is 0 Å². The lowest BCUT2D eigenvalue weighted by Crippen LogP contribution is -2.33. The van der Waals surface area contributed by atoms with Crippen LogP contribution < -0.4 is 0 Å². The number of amides is 1. The Kier molecular flexibility index (Phi) is 7.05. The summed E-state index contributed by atoms with van der Waals surface area (Å²) in [5.74, 6) is -0.762. The summed E-state index contributed by atoms with van der Waals surface area (Å²) in [6, 6.07) is 13.3. The van der Waals surface area contributed by atoms with Gasteiger partial charge < -0.3 is 9.64 Å². The second-order valence-electron chi connectivity index (χ2n) is 6.07. The first-order chi connectivity index (χ1) is 12.9. The zero-order valence-corrected chi connectivity index (χ0v) is 15.4. The number of esters is 1. The topological polar surface area (TPSA) is 89.8 Å². The zero-order chi connectivity index (χ0) is 19.8. The van der Waals surface area contributed by atoms with E-state index < -0.39 is 10.9 Å². The molecule has 0 spiro atoms. The number of rotatable bonds is 8. The Morgan fingerprint density at radius 3 is 2.48 bits per heavy atom. The minimum Gasteiger partial charge on any atom is -0.466 e. The van der Waals surface area contributed by atoms with Gasteiger partial charge in [0, 0.05) is 30.8 Å². The molecular weight excluding hydrogens is 348 g/mol. The molecule has 0 aliphatic heterocycles. The molecule has 0 unspecified atom stereocenters. The summed E-state index contributed by atoms with van der Waals surface area (Å²) in [4.78, 5) is 36.5. The molecule has 7 heteroatoms. The monoisotopic (exact) mass is 370 g/mol. The lowest BCUT2D eigenvalue weighted by atomic mass is 10.1. The third kappa shape index (κ3) is 5.91.